The summed E-state index contributed by atoms with van der Waals surface area (Å²) in [6, 6.07) is 15.6. The third kappa shape index (κ3) is 15.1. The van der Waals surface area contributed by atoms with E-state index in [9.17, 15) is 19.2 Å². The molecule has 308 valence electrons. The molecule has 3 fully saturated rings. The van der Waals surface area contributed by atoms with Crippen LogP contribution < -0.4 is 20.2 Å². The lowest BCUT2D eigenvalue weighted by Gasteiger charge is -2.24. The van der Waals surface area contributed by atoms with Crippen molar-refractivity contribution in [3.63, 3.8) is 0 Å². The van der Waals surface area contributed by atoms with Crippen molar-refractivity contribution in [2.24, 2.45) is 0 Å². The van der Waals surface area contributed by atoms with E-state index < -0.39 is 0 Å². The number of methoxy groups -OCH3 is 1. The number of nitrogens with one attached hydrogen (secondary N) is 3. The highest BCUT2D eigenvalue weighted by atomic mass is 32.2. The number of aromatic nitrogens is 2. The molecule has 4 aromatic rings. The second-order valence-corrected chi connectivity index (χ2v) is 16.7. The number of pyridine rings is 1. The number of unbranched alkanes of at least 4 members (excludes halogenated alkanes) is 2. The average Bonchev–Trinajstić information content (AvgIpc) is 4.11. The van der Waals surface area contributed by atoms with Crippen molar-refractivity contribution >= 4 is 52.4 Å². The molecule has 1 unspecified atom stereocenters. The third-order valence-corrected chi connectivity index (χ3v) is 11.4. The van der Waals surface area contributed by atoms with Gasteiger partial charge in [0, 0.05) is 46.8 Å². The van der Waals surface area contributed by atoms with Gasteiger partial charge in [0.25, 0.3) is 0 Å². The fraction of sp³-hybridized carbons (Fsp3) is 0.477. The number of carbonyl (C=O) groups is 3. The highest BCUT2D eigenvalue weighted by Crippen LogP contribution is 2.31. The minimum Gasteiger partial charge on any atom is -0.496 e. The second kappa shape index (κ2) is 23.7. The standard InChI is InChI=1S/C17H18N2O2S.C16H26N2O3.C7H8.C4H7NOS/c1-9(2)13-8-22-17(19-13)12-7-14(20)11-5-6-15(21-4)10(3)16(11)18-12;1-2-3-4-5-11-21-12-15(19)18-10-6-7-14(18)16(20)17-13-8-9-13;1-7-5-3-2-4-6-7;6-3-5-7-4-1-2-4/h5-9H,1-4H3,(H,18,20);2,13-14H,1,3-12H2,(H,17,20);2-6H,1H3;3-4H,1-2H2,(H,5,6). The van der Waals surface area contributed by atoms with Crippen LogP contribution in [0.2, 0.25) is 0 Å². The Morgan fingerprint density at radius 3 is 2.44 bits per heavy atom. The summed E-state index contributed by atoms with van der Waals surface area (Å²) in [7, 11) is 1.63. The first kappa shape index (κ1) is 45.2. The monoisotopic (exact) mass is 817 g/mol. The number of thiazole rings is 1. The van der Waals surface area contributed by atoms with Crippen LogP contribution in [0.3, 0.4) is 0 Å². The summed E-state index contributed by atoms with van der Waals surface area (Å²) in [5, 5.41) is 7.26. The number of nitrogens with zero attached hydrogens (tertiary/aromatic N) is 2. The molecule has 3 amide bonds. The Morgan fingerprint density at radius 2 is 1.84 bits per heavy atom. The fourth-order valence-corrected chi connectivity index (χ4v) is 7.46. The van der Waals surface area contributed by atoms with Crippen LogP contribution in [0, 0.1) is 13.8 Å². The molecule has 3 N–H and O–H groups in total. The van der Waals surface area contributed by atoms with E-state index in [1.54, 1.807) is 35.5 Å². The normalized spacial score (nSPS) is 15.6. The number of amides is 3. The number of carbonyl (C=O) groups excluding carboxylic acids is 3. The summed E-state index contributed by atoms with van der Waals surface area (Å²) in [5.41, 5.74) is 4.86. The number of aromatic amines is 1. The van der Waals surface area contributed by atoms with E-state index in [2.05, 4.69) is 59.5 Å². The molecule has 1 saturated heterocycles. The van der Waals surface area contributed by atoms with E-state index in [-0.39, 0.29) is 29.9 Å². The van der Waals surface area contributed by atoms with Gasteiger partial charge in [-0.15, -0.1) is 17.9 Å². The molecule has 0 spiro atoms. The molecule has 2 aliphatic carbocycles. The van der Waals surface area contributed by atoms with Gasteiger partial charge in [-0.25, -0.2) is 4.98 Å². The molecule has 1 aliphatic heterocycles. The number of ether oxygens (including phenoxy) is 2. The molecule has 3 aliphatic rings. The molecule has 3 heterocycles. The highest BCUT2D eigenvalue weighted by molar-refractivity contribution is 7.98. The number of likely N-dealkylation sites (tertiary alicyclic amines) is 1. The van der Waals surface area contributed by atoms with E-state index in [0.29, 0.717) is 30.5 Å². The minimum atomic E-state index is -0.289. The van der Waals surface area contributed by atoms with Gasteiger partial charge in [-0.2, -0.15) is 0 Å². The number of hydrogen-bond acceptors (Lipinski definition) is 9. The lowest BCUT2D eigenvalue weighted by Crippen LogP contribution is -2.47. The van der Waals surface area contributed by atoms with E-state index in [1.807, 2.05) is 42.6 Å². The summed E-state index contributed by atoms with van der Waals surface area (Å²) >= 11 is 3.08. The Balaban J connectivity index is 0.000000189. The zero-order valence-electron chi connectivity index (χ0n) is 34.0. The van der Waals surface area contributed by atoms with Gasteiger partial charge in [0.15, 0.2) is 5.43 Å². The molecule has 2 aromatic carbocycles. The van der Waals surface area contributed by atoms with Crippen molar-refractivity contribution in [3.8, 4) is 16.5 Å². The number of hydrogen-bond donors (Lipinski definition) is 3. The quantitative estimate of drug-likeness (QED) is 0.0471. The van der Waals surface area contributed by atoms with Gasteiger partial charge in [-0.1, -0.05) is 55.8 Å². The molecule has 1 atom stereocenters. The van der Waals surface area contributed by atoms with Crippen molar-refractivity contribution in [1.29, 1.82) is 0 Å². The topological polar surface area (TPSA) is 143 Å². The molecular formula is C44H59N5O6S2. The Bertz CT molecular complexity index is 1940. The highest BCUT2D eigenvalue weighted by Gasteiger charge is 2.36. The summed E-state index contributed by atoms with van der Waals surface area (Å²) < 4.78 is 13.3. The Kier molecular flexibility index (Phi) is 18.8. The molecule has 11 nitrogen and oxygen atoms in total. The number of fused-ring (bicyclic) bond motifs is 1. The van der Waals surface area contributed by atoms with E-state index in [4.69, 9.17) is 9.47 Å². The van der Waals surface area contributed by atoms with Crippen LogP contribution in [0.1, 0.15) is 94.4 Å². The smallest absolute Gasteiger partial charge is 0.249 e. The molecule has 7 rings (SSSR count). The Hall–Kier alpha value is -4.46. The molecule has 57 heavy (non-hydrogen) atoms. The van der Waals surface area contributed by atoms with Crippen molar-refractivity contribution < 1.29 is 23.9 Å². The van der Waals surface area contributed by atoms with Crippen LogP contribution in [-0.4, -0.2) is 77.3 Å². The zero-order valence-corrected chi connectivity index (χ0v) is 35.6. The van der Waals surface area contributed by atoms with Crippen LogP contribution >= 0.6 is 23.3 Å². The number of benzene rings is 2. The molecule has 2 aromatic heterocycles. The van der Waals surface area contributed by atoms with Gasteiger partial charge in [-0.3, -0.25) is 19.2 Å². The summed E-state index contributed by atoms with van der Waals surface area (Å²) in [6.07, 6.45) is 11.9. The SMILES string of the molecule is C=CCCCCOCC(=O)N1CCCC1C(=O)NC1CC1.COc1ccc2c(=O)cc(-c3nc(C(C)C)cs3)[nH]c2c1C.Cc1ccccc1.O=CNSC1CC1. The van der Waals surface area contributed by atoms with Gasteiger partial charge in [0.05, 0.1) is 24.0 Å². The first-order valence-corrected chi connectivity index (χ1v) is 21.6. The predicted molar refractivity (Wildman–Crippen MR) is 233 cm³/mol. The minimum absolute atomic E-state index is 0.00389. The van der Waals surface area contributed by atoms with Crippen LogP contribution in [0.5, 0.6) is 5.75 Å². The molecule has 0 radical (unpaired) electrons. The summed E-state index contributed by atoms with van der Waals surface area (Å²) in [5.74, 6) is 1.09. The van der Waals surface area contributed by atoms with Crippen LogP contribution in [0.25, 0.3) is 21.6 Å². The van der Waals surface area contributed by atoms with Crippen LogP contribution in [-0.2, 0) is 19.1 Å². The molecular weight excluding hydrogens is 759 g/mol. The molecule has 0 bridgehead atoms. The van der Waals surface area contributed by atoms with Gasteiger partial charge in [-0.05, 0) is 102 Å². The van der Waals surface area contributed by atoms with Gasteiger partial charge in [0.1, 0.15) is 23.4 Å². The largest absolute Gasteiger partial charge is 0.496 e. The Morgan fingerprint density at radius 1 is 1.09 bits per heavy atom. The maximum Gasteiger partial charge on any atom is 0.249 e. The van der Waals surface area contributed by atoms with Crippen LogP contribution in [0.4, 0.5) is 0 Å². The number of H-pyrrole nitrogens is 1. The third-order valence-electron chi connectivity index (χ3n) is 9.50. The summed E-state index contributed by atoms with van der Waals surface area (Å²) in [6.45, 7) is 13.3. The average molecular weight is 818 g/mol. The fourth-order valence-electron chi connectivity index (χ4n) is 5.89. The first-order valence-electron chi connectivity index (χ1n) is 19.9. The maximum atomic E-state index is 12.4. The summed E-state index contributed by atoms with van der Waals surface area (Å²) in [4.78, 5) is 55.9. The zero-order chi connectivity index (χ0) is 41.2. The van der Waals surface area contributed by atoms with E-state index in [1.165, 1.54) is 30.4 Å². The maximum absolute atomic E-state index is 12.4. The Labute approximate surface area is 345 Å². The predicted octanol–water partition coefficient (Wildman–Crippen LogP) is 8.26. The van der Waals surface area contributed by atoms with Crippen molar-refractivity contribution in [1.82, 2.24) is 24.9 Å². The van der Waals surface area contributed by atoms with Crippen molar-refractivity contribution in [2.75, 3.05) is 26.9 Å². The second-order valence-electron chi connectivity index (χ2n) is 14.7. The number of aryl methyl sites for hydroxylation is 2. The van der Waals surface area contributed by atoms with Crippen molar-refractivity contribution in [2.45, 2.75) is 109 Å². The number of allylic oxidation sites excluding steroid dienone is 1. The van der Waals surface area contributed by atoms with E-state index in [0.717, 1.165) is 89.8 Å². The van der Waals surface area contributed by atoms with E-state index >= 15 is 0 Å². The first-order chi connectivity index (χ1) is 27.6. The molecule has 2 saturated carbocycles. The van der Waals surface area contributed by atoms with Gasteiger partial charge >= 0.3 is 0 Å². The lowest BCUT2D eigenvalue weighted by atomic mass is 10.1. The van der Waals surface area contributed by atoms with Crippen molar-refractivity contribution in [3.05, 3.63) is 93.6 Å². The lowest BCUT2D eigenvalue weighted by molar-refractivity contribution is -0.142. The van der Waals surface area contributed by atoms with Gasteiger partial charge in [0.2, 0.25) is 18.2 Å². The molecule has 13 heteroatoms. The number of rotatable bonds is 15. The van der Waals surface area contributed by atoms with Crippen LogP contribution in [0.15, 0.2) is 71.4 Å². The van der Waals surface area contributed by atoms with Gasteiger partial charge < -0.3 is 29.4 Å².